The van der Waals surface area contributed by atoms with Crippen molar-refractivity contribution in [2.75, 3.05) is 12.8 Å². The Morgan fingerprint density at radius 2 is 1.91 bits per heavy atom. The van der Waals surface area contributed by atoms with Crippen molar-refractivity contribution in [3.05, 3.63) is 63.7 Å². The fraction of sp³-hybridized carbons (Fsp3) is 0.240. The molecule has 1 amide bonds. The number of methoxy groups -OCH3 is 1. The SMILES string of the molecule is CCCC#Cc1cc(CN=C(N)NC(=O)C(C(C)=S)=C(N)c2ccc(OC)cc2)cc(Cl)c1N. The molecule has 0 aromatic heterocycles. The quantitative estimate of drug-likeness (QED) is 0.115. The van der Waals surface area contributed by atoms with E-state index in [1.807, 2.05) is 6.92 Å². The van der Waals surface area contributed by atoms with E-state index < -0.39 is 5.91 Å². The van der Waals surface area contributed by atoms with Crippen molar-refractivity contribution in [3.8, 4) is 17.6 Å². The summed E-state index contributed by atoms with van der Waals surface area (Å²) in [7, 11) is 1.56. The number of thiocarbonyl (C=S) groups is 1. The predicted octanol–water partition coefficient (Wildman–Crippen LogP) is 3.77. The number of benzene rings is 2. The number of carbonyl (C=O) groups excluding carboxylic acids is 1. The smallest absolute Gasteiger partial charge is 0.261 e. The first-order valence-electron chi connectivity index (χ1n) is 10.5. The average Bonchev–Trinajstić information content (AvgIpc) is 2.80. The molecule has 0 heterocycles. The maximum absolute atomic E-state index is 12.9. The zero-order valence-corrected chi connectivity index (χ0v) is 20.9. The minimum Gasteiger partial charge on any atom is -0.497 e. The lowest BCUT2D eigenvalue weighted by Crippen LogP contribution is -2.39. The van der Waals surface area contributed by atoms with Crippen LogP contribution in [0.4, 0.5) is 5.69 Å². The Hall–Kier alpha value is -3.54. The standard InChI is InChI=1S/C25H28ClN5O2S/c1-4-5-6-7-18-12-16(13-20(26)22(18)27)14-30-25(29)31-24(32)21(15(2)34)23(28)17-8-10-19(33-3)11-9-17/h8-13H,4-5,14,27-28H2,1-3H3,(H3,29,30,31,32). The van der Waals surface area contributed by atoms with Crippen LogP contribution >= 0.6 is 23.8 Å². The van der Waals surface area contributed by atoms with Gasteiger partial charge in [0.25, 0.3) is 5.91 Å². The molecular weight excluding hydrogens is 470 g/mol. The molecule has 178 valence electrons. The highest BCUT2D eigenvalue weighted by molar-refractivity contribution is 7.81. The number of nitrogens with zero attached hydrogens (tertiary/aromatic N) is 1. The third kappa shape index (κ3) is 7.24. The molecule has 0 atom stereocenters. The number of nitrogens with two attached hydrogens (primary N) is 3. The fourth-order valence-electron chi connectivity index (χ4n) is 2.93. The van der Waals surface area contributed by atoms with E-state index in [1.54, 1.807) is 50.4 Å². The minimum absolute atomic E-state index is 0.0900. The van der Waals surface area contributed by atoms with Crippen LogP contribution in [0.2, 0.25) is 5.02 Å². The van der Waals surface area contributed by atoms with Crippen molar-refractivity contribution < 1.29 is 9.53 Å². The Kier molecular flexibility index (Phi) is 9.92. The van der Waals surface area contributed by atoms with Gasteiger partial charge in [-0.15, -0.1) is 0 Å². The van der Waals surface area contributed by atoms with Gasteiger partial charge in [-0.3, -0.25) is 10.1 Å². The van der Waals surface area contributed by atoms with Crippen molar-refractivity contribution in [1.82, 2.24) is 5.32 Å². The van der Waals surface area contributed by atoms with E-state index in [-0.39, 0.29) is 23.8 Å². The highest BCUT2D eigenvalue weighted by Crippen LogP contribution is 2.25. The first-order valence-corrected chi connectivity index (χ1v) is 11.3. The van der Waals surface area contributed by atoms with Crippen molar-refractivity contribution in [1.29, 1.82) is 0 Å². The molecule has 34 heavy (non-hydrogen) atoms. The zero-order valence-electron chi connectivity index (χ0n) is 19.4. The minimum atomic E-state index is -0.552. The molecule has 0 saturated heterocycles. The number of anilines is 1. The second-order valence-corrected chi connectivity index (χ2v) is 8.34. The summed E-state index contributed by atoms with van der Waals surface area (Å²) in [5.41, 5.74) is 21.0. The molecule has 2 rings (SSSR count). The number of unbranched alkanes of at least 4 members (excludes halogenated alkanes) is 1. The van der Waals surface area contributed by atoms with Gasteiger partial charge in [-0.05, 0) is 60.9 Å². The lowest BCUT2D eigenvalue weighted by molar-refractivity contribution is -0.115. The van der Waals surface area contributed by atoms with E-state index in [4.69, 9.17) is 45.8 Å². The normalized spacial score (nSPS) is 11.7. The lowest BCUT2D eigenvalue weighted by atomic mass is 10.0. The van der Waals surface area contributed by atoms with Crippen LogP contribution in [0, 0.1) is 11.8 Å². The van der Waals surface area contributed by atoms with Crippen molar-refractivity contribution in [3.63, 3.8) is 0 Å². The molecule has 2 aromatic rings. The number of nitrogen functional groups attached to an aromatic ring is 1. The summed E-state index contributed by atoms with van der Waals surface area (Å²) in [5.74, 6) is 6.10. The maximum Gasteiger partial charge on any atom is 0.261 e. The molecule has 0 unspecified atom stereocenters. The summed E-state index contributed by atoms with van der Waals surface area (Å²) >= 11 is 11.5. The molecule has 2 aromatic carbocycles. The Morgan fingerprint density at radius 1 is 1.24 bits per heavy atom. The monoisotopic (exact) mass is 497 g/mol. The second-order valence-electron chi connectivity index (χ2n) is 7.32. The van der Waals surface area contributed by atoms with E-state index in [2.05, 4.69) is 22.2 Å². The number of rotatable bonds is 7. The van der Waals surface area contributed by atoms with Crippen LogP contribution in [0.3, 0.4) is 0 Å². The van der Waals surface area contributed by atoms with Gasteiger partial charge in [0.15, 0.2) is 5.96 Å². The van der Waals surface area contributed by atoms with Gasteiger partial charge in [0, 0.05) is 16.8 Å². The Bertz CT molecular complexity index is 1190. The fourth-order valence-corrected chi connectivity index (χ4v) is 3.38. The third-order valence-electron chi connectivity index (χ3n) is 4.71. The molecule has 0 fully saturated rings. The summed E-state index contributed by atoms with van der Waals surface area (Å²) in [5, 5.41) is 2.92. The number of amides is 1. The highest BCUT2D eigenvalue weighted by atomic mass is 35.5. The van der Waals surface area contributed by atoms with E-state index >= 15 is 0 Å². The Morgan fingerprint density at radius 3 is 2.50 bits per heavy atom. The van der Waals surface area contributed by atoms with Crippen LogP contribution in [-0.4, -0.2) is 23.8 Å². The molecule has 0 aliphatic carbocycles. The highest BCUT2D eigenvalue weighted by Gasteiger charge is 2.18. The largest absolute Gasteiger partial charge is 0.497 e. The predicted molar refractivity (Wildman–Crippen MR) is 143 cm³/mol. The first-order chi connectivity index (χ1) is 16.2. The van der Waals surface area contributed by atoms with Gasteiger partial charge in [-0.25, -0.2) is 4.99 Å². The van der Waals surface area contributed by atoms with E-state index in [0.29, 0.717) is 32.5 Å². The molecule has 0 spiro atoms. The molecule has 7 N–H and O–H groups in total. The molecule has 9 heteroatoms. The van der Waals surface area contributed by atoms with E-state index in [0.717, 1.165) is 18.4 Å². The van der Waals surface area contributed by atoms with Crippen molar-refractivity contribution in [2.24, 2.45) is 16.5 Å². The number of guanidine groups is 1. The van der Waals surface area contributed by atoms with Crippen molar-refractivity contribution >= 4 is 51.9 Å². The molecule has 7 nitrogen and oxygen atoms in total. The Balaban J connectivity index is 2.22. The molecular formula is C25H28ClN5O2S. The molecule has 0 aliphatic rings. The van der Waals surface area contributed by atoms with Gasteiger partial charge in [0.05, 0.1) is 35.6 Å². The van der Waals surface area contributed by atoms with Crippen LogP contribution in [-0.2, 0) is 11.3 Å². The first kappa shape index (κ1) is 26.7. The van der Waals surface area contributed by atoms with Crippen molar-refractivity contribution in [2.45, 2.75) is 33.2 Å². The van der Waals surface area contributed by atoms with Gasteiger partial charge >= 0.3 is 0 Å². The number of ether oxygens (including phenoxy) is 1. The molecule has 0 radical (unpaired) electrons. The number of aliphatic imine (C=N–C) groups is 1. The molecule has 0 bridgehead atoms. The number of carbonyl (C=O) groups is 1. The number of halogens is 1. The Labute approximate surface area is 210 Å². The number of hydrogen-bond donors (Lipinski definition) is 4. The summed E-state index contributed by atoms with van der Waals surface area (Å²) in [6.07, 6.45) is 1.70. The summed E-state index contributed by atoms with van der Waals surface area (Å²) < 4.78 is 5.15. The van der Waals surface area contributed by atoms with Crippen LogP contribution in [0.25, 0.3) is 5.70 Å². The van der Waals surface area contributed by atoms with Crippen LogP contribution in [0.1, 0.15) is 43.4 Å². The summed E-state index contributed by atoms with van der Waals surface area (Å²) in [6, 6.07) is 10.5. The summed E-state index contributed by atoms with van der Waals surface area (Å²) in [4.78, 5) is 17.4. The second kappa shape index (κ2) is 12.6. The average molecular weight is 498 g/mol. The van der Waals surface area contributed by atoms with E-state index in [9.17, 15) is 4.79 Å². The van der Waals surface area contributed by atoms with Gasteiger partial charge in [0.2, 0.25) is 0 Å². The van der Waals surface area contributed by atoms with Gasteiger partial charge in [-0.2, -0.15) is 0 Å². The summed E-state index contributed by atoms with van der Waals surface area (Å²) in [6.45, 7) is 3.83. The number of hydrogen-bond acceptors (Lipinski definition) is 6. The third-order valence-corrected chi connectivity index (χ3v) is 5.23. The zero-order chi connectivity index (χ0) is 25.3. The van der Waals surface area contributed by atoms with E-state index in [1.165, 1.54) is 0 Å². The van der Waals surface area contributed by atoms with Crippen LogP contribution in [0.5, 0.6) is 5.75 Å². The molecule has 0 saturated carbocycles. The van der Waals surface area contributed by atoms with Gasteiger partial charge in [0.1, 0.15) is 5.75 Å². The van der Waals surface area contributed by atoms with Crippen LogP contribution < -0.4 is 27.3 Å². The van der Waals surface area contributed by atoms with Crippen LogP contribution in [0.15, 0.2) is 47.0 Å². The molecule has 0 aliphatic heterocycles. The lowest BCUT2D eigenvalue weighted by Gasteiger charge is -2.12. The van der Waals surface area contributed by atoms with Gasteiger partial charge < -0.3 is 21.9 Å². The topological polar surface area (TPSA) is 129 Å². The van der Waals surface area contributed by atoms with Gasteiger partial charge in [-0.1, -0.05) is 42.6 Å². The maximum atomic E-state index is 12.9. The number of nitrogens with one attached hydrogen (secondary N) is 1.